The summed E-state index contributed by atoms with van der Waals surface area (Å²) in [5.41, 5.74) is 2.73. The molecule has 0 radical (unpaired) electrons. The maximum Gasteiger partial charge on any atom is 0.338 e. The van der Waals surface area contributed by atoms with Crippen molar-refractivity contribution in [2.24, 2.45) is 4.99 Å². The highest BCUT2D eigenvalue weighted by atomic mass is 35.5. The van der Waals surface area contributed by atoms with Crippen molar-refractivity contribution >= 4 is 40.7 Å². The largest absolute Gasteiger partial charge is 0.497 e. The third kappa shape index (κ3) is 5.22. The Labute approximate surface area is 250 Å². The number of thiazole rings is 1. The summed E-state index contributed by atoms with van der Waals surface area (Å²) in [6, 6.07) is 26.9. The molecule has 3 heterocycles. The molecule has 0 saturated heterocycles. The molecule has 3 aromatic carbocycles. The van der Waals surface area contributed by atoms with Crippen LogP contribution in [0.15, 0.2) is 111 Å². The lowest BCUT2D eigenvalue weighted by molar-refractivity contribution is -0.138. The molecular formula is C33H25ClN2O5S. The first kappa shape index (κ1) is 27.5. The third-order valence-corrected chi connectivity index (χ3v) is 8.05. The van der Waals surface area contributed by atoms with Crippen molar-refractivity contribution < 1.29 is 18.7 Å². The van der Waals surface area contributed by atoms with Gasteiger partial charge in [0.1, 0.15) is 17.3 Å². The number of hydrogen-bond acceptors (Lipinski definition) is 7. The number of fused-ring (bicyclic) bond motifs is 1. The van der Waals surface area contributed by atoms with Crippen LogP contribution in [-0.2, 0) is 9.53 Å². The molecule has 0 unspecified atom stereocenters. The lowest BCUT2D eigenvalue weighted by atomic mass is 9.93. The number of carbonyl (C=O) groups excluding carboxylic acids is 1. The van der Waals surface area contributed by atoms with Gasteiger partial charge >= 0.3 is 5.97 Å². The molecule has 42 heavy (non-hydrogen) atoms. The van der Waals surface area contributed by atoms with E-state index in [-0.39, 0.29) is 17.7 Å². The Morgan fingerprint density at radius 3 is 2.55 bits per heavy atom. The van der Waals surface area contributed by atoms with Gasteiger partial charge in [-0.3, -0.25) is 9.36 Å². The van der Waals surface area contributed by atoms with Gasteiger partial charge in [0.05, 0.1) is 35.6 Å². The SMILES string of the molecule is CCOC(=O)C1=C(c2ccccc2)N=c2s/c(=C\c3ccc(-c4ccc(Cl)cc4)o3)c(=O)n2[C@H]1c1cccc(OC)c1. The van der Waals surface area contributed by atoms with Crippen molar-refractivity contribution in [1.82, 2.24) is 4.57 Å². The Morgan fingerprint density at radius 1 is 1.02 bits per heavy atom. The number of furan rings is 1. The molecule has 1 aliphatic rings. The molecule has 0 bridgehead atoms. The maximum atomic E-state index is 14.1. The van der Waals surface area contributed by atoms with Gasteiger partial charge in [0.15, 0.2) is 4.80 Å². The standard InChI is InChI=1S/C33H25ClN2O5S/c1-3-40-32(38)28-29(21-8-5-4-6-9-21)35-33-36(30(28)22-10-7-11-24(18-22)39-2)31(37)27(42-33)19-25-16-17-26(41-25)20-12-14-23(34)15-13-20/h4-19,30H,3H2,1-2H3/b27-19-/t30-/m0/s1. The van der Waals surface area contributed by atoms with Crippen LogP contribution in [-0.4, -0.2) is 24.3 Å². The van der Waals surface area contributed by atoms with E-state index in [1.54, 1.807) is 42.9 Å². The average Bonchev–Trinajstić information content (AvgIpc) is 3.61. The second kappa shape index (κ2) is 11.7. The maximum absolute atomic E-state index is 14.1. The summed E-state index contributed by atoms with van der Waals surface area (Å²) in [7, 11) is 1.57. The van der Waals surface area contributed by atoms with E-state index in [2.05, 4.69) is 0 Å². The van der Waals surface area contributed by atoms with Crippen LogP contribution in [0.25, 0.3) is 23.1 Å². The molecule has 2 aromatic heterocycles. The van der Waals surface area contributed by atoms with Crippen molar-refractivity contribution in [2.75, 3.05) is 13.7 Å². The number of nitrogens with zero attached hydrogens (tertiary/aromatic N) is 2. The third-order valence-electron chi connectivity index (χ3n) is 6.81. The predicted octanol–water partition coefficient (Wildman–Crippen LogP) is 5.86. The summed E-state index contributed by atoms with van der Waals surface area (Å²) in [5, 5.41) is 0.634. The Bertz CT molecular complexity index is 1990. The van der Waals surface area contributed by atoms with Crippen LogP contribution in [0.2, 0.25) is 5.02 Å². The Kier molecular flexibility index (Phi) is 7.65. The van der Waals surface area contributed by atoms with Crippen molar-refractivity contribution in [3.63, 3.8) is 0 Å². The zero-order valence-electron chi connectivity index (χ0n) is 22.7. The van der Waals surface area contributed by atoms with Gasteiger partial charge in [0.2, 0.25) is 0 Å². The highest BCUT2D eigenvalue weighted by Gasteiger charge is 2.35. The molecule has 0 aliphatic carbocycles. The van der Waals surface area contributed by atoms with Crippen LogP contribution in [0, 0.1) is 0 Å². The molecule has 1 aliphatic heterocycles. The van der Waals surface area contributed by atoms with Crippen molar-refractivity contribution in [3.05, 3.63) is 138 Å². The van der Waals surface area contributed by atoms with E-state index in [1.807, 2.05) is 72.8 Å². The number of ether oxygens (including phenoxy) is 2. The van der Waals surface area contributed by atoms with Crippen LogP contribution in [0.3, 0.4) is 0 Å². The van der Waals surface area contributed by atoms with E-state index in [9.17, 15) is 9.59 Å². The summed E-state index contributed by atoms with van der Waals surface area (Å²) >= 11 is 7.26. The van der Waals surface area contributed by atoms with Gasteiger partial charge < -0.3 is 13.9 Å². The lowest BCUT2D eigenvalue weighted by Gasteiger charge is -2.26. The van der Waals surface area contributed by atoms with Crippen LogP contribution >= 0.6 is 22.9 Å². The molecule has 0 saturated carbocycles. The fraction of sp³-hybridized carbons (Fsp3) is 0.121. The Balaban J connectivity index is 1.57. The van der Waals surface area contributed by atoms with Crippen molar-refractivity contribution in [2.45, 2.75) is 13.0 Å². The first-order valence-corrected chi connectivity index (χ1v) is 14.4. The van der Waals surface area contributed by atoms with E-state index in [4.69, 9.17) is 30.5 Å². The molecule has 210 valence electrons. The zero-order valence-corrected chi connectivity index (χ0v) is 24.3. The number of carbonyl (C=O) groups is 1. The molecule has 9 heteroatoms. The number of esters is 1. The second-order valence-electron chi connectivity index (χ2n) is 9.42. The van der Waals surface area contributed by atoms with Crippen molar-refractivity contribution in [3.8, 4) is 17.1 Å². The number of methoxy groups -OCH3 is 1. The number of aromatic nitrogens is 1. The number of halogens is 1. The lowest BCUT2D eigenvalue weighted by Crippen LogP contribution is -2.40. The fourth-order valence-electron chi connectivity index (χ4n) is 4.90. The molecule has 0 N–H and O–H groups in total. The van der Waals surface area contributed by atoms with E-state index < -0.39 is 12.0 Å². The molecule has 5 aromatic rings. The van der Waals surface area contributed by atoms with Gasteiger partial charge in [-0.15, -0.1) is 0 Å². The summed E-state index contributed by atoms with van der Waals surface area (Å²) in [5.74, 6) is 1.22. The van der Waals surface area contributed by atoms with Gasteiger partial charge in [-0.2, -0.15) is 0 Å². The van der Waals surface area contributed by atoms with Gasteiger partial charge in [0, 0.05) is 22.2 Å². The van der Waals surface area contributed by atoms with Crippen molar-refractivity contribution in [1.29, 1.82) is 0 Å². The first-order chi connectivity index (χ1) is 20.5. The molecule has 6 rings (SSSR count). The summed E-state index contributed by atoms with van der Waals surface area (Å²) in [6.45, 7) is 1.92. The van der Waals surface area contributed by atoms with Crippen LogP contribution in [0.4, 0.5) is 0 Å². The second-order valence-corrected chi connectivity index (χ2v) is 10.9. The van der Waals surface area contributed by atoms with Crippen LogP contribution in [0.1, 0.15) is 29.9 Å². The molecule has 0 spiro atoms. The van der Waals surface area contributed by atoms with Crippen LogP contribution < -0.4 is 19.6 Å². The van der Waals surface area contributed by atoms with E-state index in [1.165, 1.54) is 11.3 Å². The minimum atomic E-state index is -0.797. The molecule has 1 atom stereocenters. The number of rotatable bonds is 7. The van der Waals surface area contributed by atoms with Gasteiger partial charge in [-0.05, 0) is 61.0 Å². The quantitative estimate of drug-likeness (QED) is 0.220. The molecule has 0 amide bonds. The van der Waals surface area contributed by atoms with E-state index >= 15 is 0 Å². The monoisotopic (exact) mass is 596 g/mol. The van der Waals surface area contributed by atoms with Gasteiger partial charge in [0.25, 0.3) is 5.56 Å². The zero-order chi connectivity index (χ0) is 29.2. The van der Waals surface area contributed by atoms with Gasteiger partial charge in [-0.25, -0.2) is 9.79 Å². The van der Waals surface area contributed by atoms with Gasteiger partial charge in [-0.1, -0.05) is 65.4 Å². The first-order valence-electron chi connectivity index (χ1n) is 13.2. The van der Waals surface area contributed by atoms with Crippen LogP contribution in [0.5, 0.6) is 5.75 Å². The molecule has 7 nitrogen and oxygen atoms in total. The van der Waals surface area contributed by atoms with E-state index in [0.717, 1.165) is 11.1 Å². The minimum Gasteiger partial charge on any atom is -0.497 e. The fourth-order valence-corrected chi connectivity index (χ4v) is 6.00. The number of benzene rings is 3. The average molecular weight is 597 g/mol. The predicted molar refractivity (Wildman–Crippen MR) is 163 cm³/mol. The van der Waals surface area contributed by atoms with E-state index in [0.29, 0.717) is 42.9 Å². The highest BCUT2D eigenvalue weighted by molar-refractivity contribution is 7.07. The smallest absolute Gasteiger partial charge is 0.338 e. The summed E-state index contributed by atoms with van der Waals surface area (Å²) in [6.07, 6.45) is 1.70. The highest BCUT2D eigenvalue weighted by Crippen LogP contribution is 2.36. The normalized spacial score (nSPS) is 14.8. The Hall–Kier alpha value is -4.66. The minimum absolute atomic E-state index is 0.175. The topological polar surface area (TPSA) is 83.0 Å². The molecule has 0 fully saturated rings. The Morgan fingerprint density at radius 2 is 1.81 bits per heavy atom. The summed E-state index contributed by atoms with van der Waals surface area (Å²) < 4.78 is 19.0. The summed E-state index contributed by atoms with van der Waals surface area (Å²) in [4.78, 5) is 33.0. The molecular weight excluding hydrogens is 572 g/mol. The number of hydrogen-bond donors (Lipinski definition) is 0.